The van der Waals surface area contributed by atoms with Crippen molar-refractivity contribution < 1.29 is 0 Å². The lowest BCUT2D eigenvalue weighted by Crippen LogP contribution is -1.92. The second kappa shape index (κ2) is 13.1. The van der Waals surface area contributed by atoms with Crippen LogP contribution in [-0.2, 0) is 0 Å². The Labute approximate surface area is 353 Å². The summed E-state index contributed by atoms with van der Waals surface area (Å²) < 4.78 is 2.54. The molecular weight excluding hydrogens is 765 g/mol. The number of pyridine rings is 2. The van der Waals surface area contributed by atoms with Gasteiger partial charge >= 0.3 is 0 Å². The van der Waals surface area contributed by atoms with E-state index in [-0.39, 0.29) is 0 Å². The molecule has 9 aromatic carbocycles. The first-order chi connectivity index (χ1) is 29.7. The van der Waals surface area contributed by atoms with Gasteiger partial charge in [0.05, 0.1) is 11.0 Å². The molecule has 0 saturated carbocycles. The Balaban J connectivity index is 1.21. The van der Waals surface area contributed by atoms with Gasteiger partial charge in [-0.3, -0.25) is 9.97 Å². The largest absolute Gasteiger partial charge is 0.256 e. The van der Waals surface area contributed by atoms with Gasteiger partial charge < -0.3 is 0 Å². The average molecular weight is 797 g/mol. The molecule has 0 amide bonds. The topological polar surface area (TPSA) is 25.8 Å². The van der Waals surface area contributed by atoms with Gasteiger partial charge in [-0.15, -0.1) is 22.7 Å². The van der Waals surface area contributed by atoms with E-state index in [1.165, 1.54) is 106 Å². The molecule has 0 bridgehead atoms. The van der Waals surface area contributed by atoms with Crippen LogP contribution < -0.4 is 0 Å². The van der Waals surface area contributed by atoms with Gasteiger partial charge in [-0.1, -0.05) is 133 Å². The Morgan fingerprint density at radius 2 is 0.733 bits per heavy atom. The standard InChI is InChI=1S/C56H32N2S2/c1-2-14-39-33(11-1)21-24-36-29-45-46(32-44(36)39)54(56-52(43-18-6-8-20-50(43)60-56)38-26-23-35-13-10-28-58-48(35)31-38)41-16-4-3-15-40(41)53(45)55-51(42-17-5-7-19-49(42)59-55)37-25-22-34-12-9-27-57-47(34)30-37/h1-32H. The summed E-state index contributed by atoms with van der Waals surface area (Å²) in [6, 6.07) is 67.2. The van der Waals surface area contributed by atoms with E-state index in [1.807, 2.05) is 47.2 Å². The van der Waals surface area contributed by atoms with Crippen molar-refractivity contribution in [2.45, 2.75) is 0 Å². The molecule has 0 aliphatic heterocycles. The smallest absolute Gasteiger partial charge is 0.0708 e. The van der Waals surface area contributed by atoms with Gasteiger partial charge in [-0.2, -0.15) is 0 Å². The molecule has 0 radical (unpaired) electrons. The third-order valence-electron chi connectivity index (χ3n) is 12.3. The van der Waals surface area contributed by atoms with Crippen LogP contribution >= 0.6 is 22.7 Å². The van der Waals surface area contributed by atoms with E-state index in [0.29, 0.717) is 0 Å². The van der Waals surface area contributed by atoms with Gasteiger partial charge in [0.25, 0.3) is 0 Å². The molecule has 278 valence electrons. The predicted molar refractivity (Wildman–Crippen MR) is 260 cm³/mol. The molecule has 4 heterocycles. The van der Waals surface area contributed by atoms with E-state index in [1.54, 1.807) is 0 Å². The highest BCUT2D eigenvalue weighted by atomic mass is 32.1. The molecule has 13 aromatic rings. The Morgan fingerprint density at radius 1 is 0.283 bits per heavy atom. The monoisotopic (exact) mass is 796 g/mol. The van der Waals surface area contributed by atoms with Crippen molar-refractivity contribution in [2.75, 3.05) is 0 Å². The third kappa shape index (κ3) is 5.05. The predicted octanol–water partition coefficient (Wildman–Crippen LogP) is 16.5. The van der Waals surface area contributed by atoms with Gasteiger partial charge in [0, 0.05) is 75.3 Å². The van der Waals surface area contributed by atoms with Gasteiger partial charge in [0.15, 0.2) is 0 Å². The van der Waals surface area contributed by atoms with Crippen LogP contribution in [0, 0.1) is 0 Å². The summed E-state index contributed by atoms with van der Waals surface area (Å²) in [5.74, 6) is 0. The van der Waals surface area contributed by atoms with Crippen LogP contribution in [0.2, 0.25) is 0 Å². The average Bonchev–Trinajstić information content (AvgIpc) is 3.88. The van der Waals surface area contributed by atoms with Gasteiger partial charge in [-0.05, 0) is 103 Å². The fourth-order valence-electron chi connectivity index (χ4n) is 9.63. The van der Waals surface area contributed by atoms with Crippen molar-refractivity contribution in [3.8, 4) is 43.1 Å². The van der Waals surface area contributed by atoms with E-state index in [0.717, 1.165) is 21.8 Å². The maximum atomic E-state index is 4.81. The molecule has 0 saturated heterocycles. The summed E-state index contributed by atoms with van der Waals surface area (Å²) in [5.41, 5.74) is 9.42. The molecule has 2 nitrogen and oxygen atoms in total. The number of aromatic nitrogens is 2. The third-order valence-corrected chi connectivity index (χ3v) is 14.7. The Bertz CT molecular complexity index is 3910. The molecule has 0 unspecified atom stereocenters. The lowest BCUT2D eigenvalue weighted by molar-refractivity contribution is 1.41. The van der Waals surface area contributed by atoms with Crippen molar-refractivity contribution in [3.05, 3.63) is 194 Å². The molecule has 13 rings (SSSR count). The molecule has 4 aromatic heterocycles. The zero-order valence-electron chi connectivity index (χ0n) is 32.2. The first-order valence-electron chi connectivity index (χ1n) is 20.3. The summed E-state index contributed by atoms with van der Waals surface area (Å²) >= 11 is 3.79. The van der Waals surface area contributed by atoms with Crippen molar-refractivity contribution in [1.82, 2.24) is 9.97 Å². The van der Waals surface area contributed by atoms with E-state index in [4.69, 9.17) is 9.97 Å². The second-order valence-electron chi connectivity index (χ2n) is 15.6. The summed E-state index contributed by atoms with van der Waals surface area (Å²) in [7, 11) is 0. The Morgan fingerprint density at radius 3 is 1.32 bits per heavy atom. The van der Waals surface area contributed by atoms with Crippen LogP contribution in [0.4, 0.5) is 0 Å². The van der Waals surface area contributed by atoms with Gasteiger partial charge in [0.1, 0.15) is 0 Å². The molecule has 4 heteroatoms. The minimum atomic E-state index is 1.000. The maximum Gasteiger partial charge on any atom is 0.0708 e. The normalized spacial score (nSPS) is 12.0. The molecule has 0 N–H and O–H groups in total. The Kier molecular flexibility index (Phi) is 7.38. The fraction of sp³-hybridized carbons (Fsp3) is 0. The van der Waals surface area contributed by atoms with Gasteiger partial charge in [0.2, 0.25) is 0 Å². The van der Waals surface area contributed by atoms with Crippen molar-refractivity contribution in [1.29, 1.82) is 0 Å². The fourth-order valence-corrected chi connectivity index (χ4v) is 12.2. The van der Waals surface area contributed by atoms with Crippen molar-refractivity contribution in [2.24, 2.45) is 0 Å². The summed E-state index contributed by atoms with van der Waals surface area (Å²) in [6.07, 6.45) is 3.79. The van der Waals surface area contributed by atoms with Gasteiger partial charge in [-0.25, -0.2) is 0 Å². The maximum absolute atomic E-state index is 4.81. The van der Waals surface area contributed by atoms with Crippen LogP contribution in [0.25, 0.3) is 128 Å². The number of hydrogen-bond donors (Lipinski definition) is 0. The minimum absolute atomic E-state index is 1.000. The highest BCUT2D eigenvalue weighted by Gasteiger charge is 2.26. The van der Waals surface area contributed by atoms with Crippen LogP contribution in [0.15, 0.2) is 194 Å². The number of nitrogens with zero attached hydrogens (tertiary/aromatic N) is 2. The first kappa shape index (κ1) is 33.7. The SMILES string of the molecule is c1cnc2cc(-c3c(-c4c5ccccc5c(-c5sc6ccccc6c5-c5ccc6cccnc6c5)c5cc6c(ccc7ccccc76)cc45)sc4ccccc34)ccc2c1. The zero-order valence-corrected chi connectivity index (χ0v) is 33.8. The van der Waals surface area contributed by atoms with E-state index < -0.39 is 0 Å². The van der Waals surface area contributed by atoms with Crippen LogP contribution in [0.1, 0.15) is 0 Å². The highest BCUT2D eigenvalue weighted by Crippen LogP contribution is 2.55. The van der Waals surface area contributed by atoms with E-state index in [2.05, 4.69) is 170 Å². The molecule has 0 spiro atoms. The van der Waals surface area contributed by atoms with E-state index in [9.17, 15) is 0 Å². The van der Waals surface area contributed by atoms with Crippen LogP contribution in [0.3, 0.4) is 0 Å². The van der Waals surface area contributed by atoms with Crippen LogP contribution in [0.5, 0.6) is 0 Å². The molecule has 0 aliphatic carbocycles. The summed E-state index contributed by atoms with van der Waals surface area (Å²) in [6.45, 7) is 0. The zero-order chi connectivity index (χ0) is 39.3. The van der Waals surface area contributed by atoms with Crippen LogP contribution in [-0.4, -0.2) is 9.97 Å². The molecule has 0 aliphatic rings. The Hall–Kier alpha value is -7.24. The second-order valence-corrected chi connectivity index (χ2v) is 17.7. The molecule has 60 heavy (non-hydrogen) atoms. The molecular formula is C56H32N2S2. The lowest BCUT2D eigenvalue weighted by atomic mass is 9.85. The number of thiophene rings is 2. The number of rotatable bonds is 4. The van der Waals surface area contributed by atoms with Crippen molar-refractivity contribution in [3.63, 3.8) is 0 Å². The van der Waals surface area contributed by atoms with E-state index >= 15 is 0 Å². The summed E-state index contributed by atoms with van der Waals surface area (Å²) in [4.78, 5) is 12.2. The number of hydrogen-bond acceptors (Lipinski definition) is 4. The minimum Gasteiger partial charge on any atom is -0.256 e. The lowest BCUT2D eigenvalue weighted by Gasteiger charge is -2.19. The molecule has 0 fully saturated rings. The summed E-state index contributed by atoms with van der Waals surface area (Å²) in [5, 5.41) is 14.8. The molecule has 0 atom stereocenters. The number of fused-ring (bicyclic) bond motifs is 9. The number of benzene rings is 9. The van der Waals surface area contributed by atoms with Crippen molar-refractivity contribution >= 4 is 108 Å². The highest BCUT2D eigenvalue weighted by molar-refractivity contribution is 7.23. The quantitative estimate of drug-likeness (QED) is 0.131. The first-order valence-corrected chi connectivity index (χ1v) is 21.9.